The van der Waals surface area contributed by atoms with Gasteiger partial charge in [-0.05, 0) is 43.5 Å². The minimum atomic E-state index is -0.400. The molecule has 0 atom stereocenters. The Kier molecular flexibility index (Phi) is 5.23. The number of carbonyl (C=O) groups excluding carboxylic acids is 1. The Morgan fingerprint density at radius 3 is 2.68 bits per heavy atom. The van der Waals surface area contributed by atoms with Crippen LogP contribution in [-0.4, -0.2) is 15.5 Å². The summed E-state index contributed by atoms with van der Waals surface area (Å²) in [6.45, 7) is 1.81. The van der Waals surface area contributed by atoms with Crippen LogP contribution in [-0.2, 0) is 11.2 Å². The van der Waals surface area contributed by atoms with Gasteiger partial charge in [-0.15, -0.1) is 0 Å². The molecule has 5 heteroatoms. The van der Waals surface area contributed by atoms with Crippen LogP contribution in [0.4, 0.5) is 10.1 Å². The first kappa shape index (κ1) is 16.9. The van der Waals surface area contributed by atoms with Gasteiger partial charge in [-0.1, -0.05) is 30.3 Å². The third-order valence-electron chi connectivity index (χ3n) is 4.03. The number of carbonyl (C=O) groups is 1. The second-order valence-electron chi connectivity index (χ2n) is 5.90. The van der Waals surface area contributed by atoms with E-state index >= 15 is 0 Å². The van der Waals surface area contributed by atoms with Crippen LogP contribution in [0.5, 0.6) is 0 Å². The summed E-state index contributed by atoms with van der Waals surface area (Å²) < 4.78 is 16.0. The van der Waals surface area contributed by atoms with Crippen LogP contribution < -0.4 is 5.32 Å². The summed E-state index contributed by atoms with van der Waals surface area (Å²) in [7, 11) is 0. The number of hydrogen-bond donors (Lipinski definition) is 1. The van der Waals surface area contributed by atoms with Crippen LogP contribution >= 0.6 is 0 Å². The van der Waals surface area contributed by atoms with Crippen LogP contribution in [0.15, 0.2) is 60.9 Å². The molecule has 0 saturated heterocycles. The monoisotopic (exact) mass is 337 g/mol. The molecule has 128 valence electrons. The molecule has 0 aliphatic rings. The van der Waals surface area contributed by atoms with Crippen molar-refractivity contribution in [3.63, 3.8) is 0 Å². The van der Waals surface area contributed by atoms with E-state index in [1.165, 1.54) is 11.6 Å². The summed E-state index contributed by atoms with van der Waals surface area (Å²) in [6.07, 6.45) is 5.33. The van der Waals surface area contributed by atoms with Gasteiger partial charge < -0.3 is 9.88 Å². The molecule has 0 saturated carbocycles. The molecule has 3 rings (SSSR count). The molecule has 0 spiro atoms. The molecule has 3 aromatic rings. The fourth-order valence-electron chi connectivity index (χ4n) is 2.73. The molecule has 0 unspecified atom stereocenters. The van der Waals surface area contributed by atoms with E-state index in [2.05, 4.69) is 10.3 Å². The van der Waals surface area contributed by atoms with Crippen molar-refractivity contribution >= 4 is 11.6 Å². The summed E-state index contributed by atoms with van der Waals surface area (Å²) >= 11 is 0. The van der Waals surface area contributed by atoms with Gasteiger partial charge in [-0.3, -0.25) is 4.79 Å². The fraction of sp³-hybridized carbons (Fsp3) is 0.200. The number of aromatic nitrogens is 2. The van der Waals surface area contributed by atoms with Crippen molar-refractivity contribution in [1.82, 2.24) is 9.55 Å². The highest BCUT2D eigenvalue weighted by Gasteiger charge is 2.09. The van der Waals surface area contributed by atoms with E-state index in [1.807, 2.05) is 37.3 Å². The maximum Gasteiger partial charge on any atom is 0.224 e. The summed E-state index contributed by atoms with van der Waals surface area (Å²) in [4.78, 5) is 16.1. The SMILES string of the molecule is Cc1nccn1-c1ccc(NC(=O)CCCc2ccccc2)cc1F. The Balaban J connectivity index is 1.57. The number of hydrogen-bond acceptors (Lipinski definition) is 2. The predicted molar refractivity (Wildman–Crippen MR) is 96.3 cm³/mol. The zero-order chi connectivity index (χ0) is 17.6. The number of aryl methyl sites for hydroxylation is 2. The van der Waals surface area contributed by atoms with E-state index in [0.29, 0.717) is 23.6 Å². The molecule has 0 aliphatic heterocycles. The second kappa shape index (κ2) is 7.75. The van der Waals surface area contributed by atoms with Gasteiger partial charge in [-0.25, -0.2) is 9.37 Å². The number of anilines is 1. The Morgan fingerprint density at radius 2 is 2.00 bits per heavy atom. The lowest BCUT2D eigenvalue weighted by Gasteiger charge is -2.10. The summed E-state index contributed by atoms with van der Waals surface area (Å²) in [5.74, 6) is 0.196. The summed E-state index contributed by atoms with van der Waals surface area (Å²) in [5, 5.41) is 2.75. The lowest BCUT2D eigenvalue weighted by atomic mass is 10.1. The first-order valence-corrected chi connectivity index (χ1v) is 8.27. The molecule has 1 aromatic heterocycles. The van der Waals surface area contributed by atoms with Gasteiger partial charge in [0.25, 0.3) is 0 Å². The van der Waals surface area contributed by atoms with E-state index in [4.69, 9.17) is 0 Å². The average molecular weight is 337 g/mol. The second-order valence-corrected chi connectivity index (χ2v) is 5.90. The predicted octanol–water partition coefficient (Wildman–Crippen LogP) is 4.28. The van der Waals surface area contributed by atoms with Crippen LogP contribution in [0, 0.1) is 12.7 Å². The van der Waals surface area contributed by atoms with E-state index in [1.54, 1.807) is 29.1 Å². The lowest BCUT2D eigenvalue weighted by molar-refractivity contribution is -0.116. The zero-order valence-corrected chi connectivity index (χ0v) is 14.1. The van der Waals surface area contributed by atoms with Crippen LogP contribution in [0.1, 0.15) is 24.2 Å². The van der Waals surface area contributed by atoms with E-state index < -0.39 is 5.82 Å². The highest BCUT2D eigenvalue weighted by Crippen LogP contribution is 2.19. The normalized spacial score (nSPS) is 10.6. The van der Waals surface area contributed by atoms with Gasteiger partial charge in [0.1, 0.15) is 11.6 Å². The summed E-state index contributed by atoms with van der Waals surface area (Å²) in [5.41, 5.74) is 2.09. The number of rotatable bonds is 6. The topological polar surface area (TPSA) is 46.9 Å². The van der Waals surface area contributed by atoms with Crippen LogP contribution in [0.25, 0.3) is 5.69 Å². The number of benzene rings is 2. The maximum atomic E-state index is 14.3. The summed E-state index contributed by atoms with van der Waals surface area (Å²) in [6, 6.07) is 14.7. The van der Waals surface area contributed by atoms with Crippen molar-refractivity contribution in [3.8, 4) is 5.69 Å². The van der Waals surface area contributed by atoms with Crippen molar-refractivity contribution < 1.29 is 9.18 Å². The first-order valence-electron chi connectivity index (χ1n) is 8.27. The van der Waals surface area contributed by atoms with Gasteiger partial charge in [0.2, 0.25) is 5.91 Å². The van der Waals surface area contributed by atoms with Crippen LogP contribution in [0.2, 0.25) is 0 Å². The number of nitrogens with zero attached hydrogens (tertiary/aromatic N) is 2. The first-order chi connectivity index (χ1) is 12.1. The van der Waals surface area contributed by atoms with Crippen molar-refractivity contribution in [1.29, 1.82) is 0 Å². The van der Waals surface area contributed by atoms with E-state index in [9.17, 15) is 9.18 Å². The number of imidazole rings is 1. The molecule has 2 aromatic carbocycles. The van der Waals surface area contributed by atoms with Gasteiger partial charge >= 0.3 is 0 Å². The number of amides is 1. The molecule has 0 bridgehead atoms. The van der Waals surface area contributed by atoms with Crippen molar-refractivity contribution in [2.45, 2.75) is 26.2 Å². The molecule has 4 nitrogen and oxygen atoms in total. The smallest absolute Gasteiger partial charge is 0.224 e. The Labute approximate surface area is 146 Å². The largest absolute Gasteiger partial charge is 0.326 e. The number of nitrogens with one attached hydrogen (secondary N) is 1. The van der Waals surface area contributed by atoms with Crippen molar-refractivity contribution in [3.05, 3.63) is 78.1 Å². The Morgan fingerprint density at radius 1 is 1.20 bits per heavy atom. The van der Waals surface area contributed by atoms with Gasteiger partial charge in [0.15, 0.2) is 0 Å². The standard InChI is InChI=1S/C20H20FN3O/c1-15-22-12-13-24(15)19-11-10-17(14-18(19)21)23-20(25)9-5-8-16-6-3-2-4-7-16/h2-4,6-7,10-14H,5,8-9H2,1H3,(H,23,25). The molecular formula is C20H20FN3O. The van der Waals surface area contributed by atoms with Crippen molar-refractivity contribution in [2.75, 3.05) is 5.32 Å². The average Bonchev–Trinajstić information content (AvgIpc) is 3.02. The Bertz CT molecular complexity index is 858. The van der Waals surface area contributed by atoms with E-state index in [-0.39, 0.29) is 5.91 Å². The minimum absolute atomic E-state index is 0.109. The quantitative estimate of drug-likeness (QED) is 0.730. The number of halogens is 1. The molecule has 25 heavy (non-hydrogen) atoms. The van der Waals surface area contributed by atoms with Gasteiger partial charge in [0, 0.05) is 24.5 Å². The lowest BCUT2D eigenvalue weighted by Crippen LogP contribution is -2.12. The maximum absolute atomic E-state index is 14.3. The van der Waals surface area contributed by atoms with Crippen molar-refractivity contribution in [2.24, 2.45) is 0 Å². The highest BCUT2D eigenvalue weighted by molar-refractivity contribution is 5.90. The van der Waals surface area contributed by atoms with Crippen LogP contribution in [0.3, 0.4) is 0 Å². The zero-order valence-electron chi connectivity index (χ0n) is 14.1. The Hall–Kier alpha value is -2.95. The minimum Gasteiger partial charge on any atom is -0.326 e. The fourth-order valence-corrected chi connectivity index (χ4v) is 2.73. The molecule has 1 amide bonds. The molecular weight excluding hydrogens is 317 g/mol. The van der Waals surface area contributed by atoms with Gasteiger partial charge in [-0.2, -0.15) is 0 Å². The molecule has 0 fully saturated rings. The molecule has 1 N–H and O–H groups in total. The van der Waals surface area contributed by atoms with Gasteiger partial charge in [0.05, 0.1) is 5.69 Å². The molecule has 0 aliphatic carbocycles. The molecule has 1 heterocycles. The molecule has 0 radical (unpaired) electrons. The highest BCUT2D eigenvalue weighted by atomic mass is 19.1. The third kappa shape index (κ3) is 4.32. The third-order valence-corrected chi connectivity index (χ3v) is 4.03. The van der Waals surface area contributed by atoms with E-state index in [0.717, 1.165) is 12.8 Å².